The summed E-state index contributed by atoms with van der Waals surface area (Å²) in [5.74, 6) is 0.625. The maximum Gasteiger partial charge on any atom is 0.347 e. The van der Waals surface area contributed by atoms with Gasteiger partial charge in [-0.05, 0) is 69.4 Å². The summed E-state index contributed by atoms with van der Waals surface area (Å²) >= 11 is 7.56. The molecule has 0 saturated carbocycles. The van der Waals surface area contributed by atoms with Crippen molar-refractivity contribution in [2.45, 2.75) is 84.8 Å². The number of ketones is 1. The molecule has 4 rings (SSSR count). The molecule has 0 fully saturated rings. The van der Waals surface area contributed by atoms with Crippen LogP contribution in [0.4, 0.5) is 5.69 Å². The zero-order chi connectivity index (χ0) is 32.9. The average molecular weight is 650 g/mol. The first-order valence-electron chi connectivity index (χ1n) is 15.4. The predicted molar refractivity (Wildman–Crippen MR) is 186 cm³/mol. The molecule has 0 radical (unpaired) electrons. The van der Waals surface area contributed by atoms with Crippen LogP contribution in [0, 0.1) is 13.8 Å². The van der Waals surface area contributed by atoms with Crippen molar-refractivity contribution < 1.29 is 4.79 Å². The minimum absolute atomic E-state index is 0.0233. The van der Waals surface area contributed by atoms with E-state index in [4.69, 9.17) is 11.6 Å². The van der Waals surface area contributed by atoms with Crippen molar-refractivity contribution in [3.63, 3.8) is 0 Å². The van der Waals surface area contributed by atoms with Crippen LogP contribution in [0.2, 0.25) is 5.02 Å². The molecule has 0 amide bonds. The summed E-state index contributed by atoms with van der Waals surface area (Å²) in [6.45, 7) is 14.7. The lowest BCUT2D eigenvalue weighted by Crippen LogP contribution is -2.24. The van der Waals surface area contributed by atoms with Crippen LogP contribution in [-0.4, -0.2) is 38.0 Å². The molecule has 2 aromatic carbocycles. The average Bonchev–Trinajstić information content (AvgIpc) is 3.01. The second-order valence-corrected chi connectivity index (χ2v) is 12.4. The molecule has 0 unspecified atom stereocenters. The molecule has 2 aromatic heterocycles. The van der Waals surface area contributed by atoms with Crippen LogP contribution < -0.4 is 16.1 Å². The van der Waals surface area contributed by atoms with E-state index in [2.05, 4.69) is 46.9 Å². The van der Waals surface area contributed by atoms with Gasteiger partial charge in [-0.2, -0.15) is 4.98 Å². The molecule has 240 valence electrons. The maximum absolute atomic E-state index is 12.6. The molecule has 0 spiro atoms. The number of aryl methyl sites for hydroxylation is 3. The zero-order valence-electron chi connectivity index (χ0n) is 27.2. The lowest BCUT2D eigenvalue weighted by Gasteiger charge is -2.24. The number of rotatable bonds is 13. The van der Waals surface area contributed by atoms with Gasteiger partial charge in [0, 0.05) is 66.7 Å². The monoisotopic (exact) mass is 649 g/mol. The van der Waals surface area contributed by atoms with Crippen LogP contribution in [-0.2, 0) is 30.1 Å². The Morgan fingerprint density at radius 3 is 2.22 bits per heavy atom. The van der Waals surface area contributed by atoms with Gasteiger partial charge in [-0.1, -0.05) is 73.1 Å². The quantitative estimate of drug-likeness (QED) is 0.115. The van der Waals surface area contributed by atoms with Crippen LogP contribution in [0.3, 0.4) is 0 Å². The minimum atomic E-state index is -0.338. The highest BCUT2D eigenvalue weighted by molar-refractivity contribution is 7.98. The van der Waals surface area contributed by atoms with Gasteiger partial charge >= 0.3 is 5.69 Å². The molecule has 0 N–H and O–H groups in total. The summed E-state index contributed by atoms with van der Waals surface area (Å²) < 4.78 is 3.21. The van der Waals surface area contributed by atoms with Crippen molar-refractivity contribution in [2.75, 3.05) is 18.0 Å². The van der Waals surface area contributed by atoms with Crippen LogP contribution in [0.15, 0.2) is 75.8 Å². The fourth-order valence-electron chi connectivity index (χ4n) is 4.67. The van der Waals surface area contributed by atoms with E-state index in [0.717, 1.165) is 34.8 Å². The summed E-state index contributed by atoms with van der Waals surface area (Å²) in [5.41, 5.74) is 5.23. The number of Topliss-reactive ketones (excluding diaryl/α,β-unsaturated/α-hetero) is 1. The van der Waals surface area contributed by atoms with E-state index in [0.29, 0.717) is 29.4 Å². The topological polar surface area (TPSA) is 90.1 Å². The van der Waals surface area contributed by atoms with E-state index in [1.165, 1.54) is 53.5 Å². The Morgan fingerprint density at radius 2 is 1.62 bits per heavy atom. The second-order valence-electron chi connectivity index (χ2n) is 11.1. The van der Waals surface area contributed by atoms with Crippen molar-refractivity contribution in [1.29, 1.82) is 0 Å². The number of hydrogen-bond acceptors (Lipinski definition) is 7. The Bertz CT molecular complexity index is 1680. The molecule has 0 atom stereocenters. The minimum Gasteiger partial charge on any atom is -0.372 e. The van der Waals surface area contributed by atoms with E-state index < -0.39 is 0 Å². The third-order valence-electron chi connectivity index (χ3n) is 7.06. The van der Waals surface area contributed by atoms with Gasteiger partial charge in [0.1, 0.15) is 5.78 Å². The summed E-state index contributed by atoms with van der Waals surface area (Å²) in [4.78, 5) is 46.6. The van der Waals surface area contributed by atoms with Crippen LogP contribution in [0.5, 0.6) is 0 Å². The number of halogens is 1. The third kappa shape index (κ3) is 11.0. The maximum atomic E-state index is 12.6. The Morgan fingerprint density at radius 1 is 0.933 bits per heavy atom. The summed E-state index contributed by atoms with van der Waals surface area (Å²) in [6, 6.07) is 14.5. The Hall–Kier alpha value is -3.69. The molecular formula is C35H44ClN5O3S. The summed E-state index contributed by atoms with van der Waals surface area (Å²) in [6.07, 6.45) is 7.50. The first-order valence-corrected chi connectivity index (χ1v) is 16.7. The van der Waals surface area contributed by atoms with Crippen molar-refractivity contribution in [3.8, 4) is 0 Å². The molecule has 10 heteroatoms. The normalized spacial score (nSPS) is 10.7. The highest BCUT2D eigenvalue weighted by atomic mass is 35.5. The highest BCUT2D eigenvalue weighted by Crippen LogP contribution is 2.24. The number of thioether (sulfide) groups is 1. The molecule has 0 bridgehead atoms. The van der Waals surface area contributed by atoms with Crippen LogP contribution in [0.1, 0.15) is 68.4 Å². The van der Waals surface area contributed by atoms with Crippen molar-refractivity contribution in [3.05, 3.63) is 115 Å². The van der Waals surface area contributed by atoms with E-state index in [1.807, 2.05) is 45.0 Å². The molecule has 45 heavy (non-hydrogen) atoms. The Kier molecular flexibility index (Phi) is 14.1. The number of nitrogens with zero attached hydrogens (tertiary/aromatic N) is 5. The smallest absolute Gasteiger partial charge is 0.347 e. The number of carbonyl (C=O) groups excluding carboxylic acids is 1. The number of anilines is 1. The number of hydrogen-bond donors (Lipinski definition) is 0. The van der Waals surface area contributed by atoms with E-state index in [-0.39, 0.29) is 23.6 Å². The third-order valence-corrected chi connectivity index (χ3v) is 8.53. The fourth-order valence-corrected chi connectivity index (χ4v) is 5.76. The molecular weight excluding hydrogens is 606 g/mol. The van der Waals surface area contributed by atoms with Gasteiger partial charge in [-0.25, -0.2) is 9.78 Å². The number of benzene rings is 2. The molecule has 0 aliphatic heterocycles. The van der Waals surface area contributed by atoms with Gasteiger partial charge in [-0.3, -0.25) is 14.2 Å². The molecule has 8 nitrogen and oxygen atoms in total. The highest BCUT2D eigenvalue weighted by Gasteiger charge is 2.13. The van der Waals surface area contributed by atoms with Gasteiger partial charge in [-0.15, -0.1) is 0 Å². The first kappa shape index (κ1) is 35.8. The van der Waals surface area contributed by atoms with Crippen LogP contribution >= 0.6 is 23.4 Å². The van der Waals surface area contributed by atoms with Gasteiger partial charge in [0.05, 0.1) is 6.54 Å². The molecule has 0 aliphatic carbocycles. The number of carbonyl (C=O) groups is 1. The van der Waals surface area contributed by atoms with E-state index >= 15 is 0 Å². The molecule has 0 aliphatic rings. The van der Waals surface area contributed by atoms with Crippen molar-refractivity contribution >= 4 is 34.8 Å². The Balaban J connectivity index is 0.000000309. The van der Waals surface area contributed by atoms with Crippen LogP contribution in [0.25, 0.3) is 0 Å². The van der Waals surface area contributed by atoms with Gasteiger partial charge in [0.25, 0.3) is 5.56 Å². The Labute approximate surface area is 275 Å². The van der Waals surface area contributed by atoms with Crippen molar-refractivity contribution in [2.24, 2.45) is 0 Å². The lowest BCUT2D eigenvalue weighted by molar-refractivity contribution is -0.117. The SMILES string of the molecule is CCCN(CCC)c1ccc(C)c(Cl)c1.CCn1cc(Cc2cn(CC(C)=O)c(SCc3ccc(C)cc3)nc2=O)cnc1=O. The molecule has 2 heterocycles. The predicted octanol–water partition coefficient (Wildman–Crippen LogP) is 6.88. The van der Waals surface area contributed by atoms with Gasteiger partial charge < -0.3 is 9.47 Å². The molecule has 4 aromatic rings. The summed E-state index contributed by atoms with van der Waals surface area (Å²) in [7, 11) is 0. The molecule has 0 saturated heterocycles. The lowest BCUT2D eigenvalue weighted by atomic mass is 10.1. The van der Waals surface area contributed by atoms with E-state index in [1.54, 1.807) is 17.0 Å². The van der Waals surface area contributed by atoms with Gasteiger partial charge in [0.15, 0.2) is 5.16 Å². The summed E-state index contributed by atoms with van der Waals surface area (Å²) in [5, 5.41) is 1.38. The largest absolute Gasteiger partial charge is 0.372 e. The zero-order valence-corrected chi connectivity index (χ0v) is 28.7. The second kappa shape index (κ2) is 17.7. The first-order chi connectivity index (χ1) is 21.5. The number of aromatic nitrogens is 4. The van der Waals surface area contributed by atoms with E-state index in [9.17, 15) is 14.4 Å². The van der Waals surface area contributed by atoms with Crippen molar-refractivity contribution in [1.82, 2.24) is 19.1 Å². The fraction of sp³-hybridized carbons (Fsp3) is 0.400. The standard InChI is InChI=1S/C22H24N4O3S.C13H20ClN/c1-4-25-12-18(10-23-21(25)29)9-19-13-26(11-16(3)27)22(24-20(19)28)30-14-17-7-5-15(2)6-8-17;1-4-8-15(9-5-2)12-7-6-11(3)13(14)10-12/h5-8,10,12-13H,4,9,11,14H2,1-3H3;6-7,10H,4-5,8-9H2,1-3H3. The van der Waals surface area contributed by atoms with Gasteiger partial charge in [0.2, 0.25) is 0 Å².